The van der Waals surface area contributed by atoms with Crippen molar-refractivity contribution in [2.45, 2.75) is 58.7 Å². The molecule has 1 N–H and O–H groups in total. The van der Waals surface area contributed by atoms with E-state index in [1.165, 1.54) is 59.7 Å². The van der Waals surface area contributed by atoms with Crippen molar-refractivity contribution in [3.8, 4) is 11.5 Å². The van der Waals surface area contributed by atoms with Crippen LogP contribution >= 0.6 is 46.6 Å². The lowest BCUT2D eigenvalue weighted by Gasteiger charge is -2.21. The lowest BCUT2D eigenvalue weighted by Crippen LogP contribution is -2.36. The first-order chi connectivity index (χ1) is 30.0. The van der Waals surface area contributed by atoms with E-state index in [0.717, 1.165) is 59.2 Å². The number of benzene rings is 5. The van der Waals surface area contributed by atoms with E-state index >= 15 is 0 Å². The first-order valence-corrected chi connectivity index (χ1v) is 25.6. The van der Waals surface area contributed by atoms with Crippen molar-refractivity contribution < 1.29 is 32.1 Å². The van der Waals surface area contributed by atoms with Crippen LogP contribution in [0.5, 0.6) is 11.5 Å². The molecule has 62 heavy (non-hydrogen) atoms. The summed E-state index contributed by atoms with van der Waals surface area (Å²) in [7, 11) is -0.775. The predicted octanol–water partition coefficient (Wildman–Crippen LogP) is 11.2. The zero-order chi connectivity index (χ0) is 44.1. The number of ether oxygens (including phenoxy) is 2. The number of methoxy groups -OCH3 is 2. The first kappa shape index (κ1) is 47.0. The van der Waals surface area contributed by atoms with Crippen molar-refractivity contribution in [3.05, 3.63) is 160 Å². The van der Waals surface area contributed by atoms with Gasteiger partial charge in [0.1, 0.15) is 26.3 Å². The van der Waals surface area contributed by atoms with Gasteiger partial charge in [-0.15, -0.1) is 23.5 Å². The van der Waals surface area contributed by atoms with Gasteiger partial charge in [0.05, 0.1) is 45.7 Å². The highest BCUT2D eigenvalue weighted by Crippen LogP contribution is 2.50. The summed E-state index contributed by atoms with van der Waals surface area (Å²) in [6, 6.07) is 36.0. The van der Waals surface area contributed by atoms with Crippen LogP contribution in [0.2, 0.25) is 0 Å². The maximum absolute atomic E-state index is 10.4. The maximum Gasteiger partial charge on any atom is 0.262 e. The number of aryl methyl sites for hydroxylation is 3. The molecule has 13 heteroatoms. The molecule has 0 aliphatic carbocycles. The molecule has 1 aliphatic heterocycles. The van der Waals surface area contributed by atoms with E-state index in [-0.39, 0.29) is 11.5 Å². The molecule has 324 valence electrons. The Morgan fingerprint density at radius 3 is 2.10 bits per heavy atom. The van der Waals surface area contributed by atoms with E-state index in [2.05, 4.69) is 131 Å². The van der Waals surface area contributed by atoms with Crippen molar-refractivity contribution in [2.24, 2.45) is 0 Å². The number of aliphatic hydroxyl groups excluding tert-OH is 1. The van der Waals surface area contributed by atoms with Crippen LogP contribution < -0.4 is 18.9 Å². The highest BCUT2D eigenvalue weighted by atomic mass is 32.2. The molecule has 0 saturated heterocycles. The number of aliphatic hydroxyl groups is 1. The van der Waals surface area contributed by atoms with Crippen molar-refractivity contribution >= 4 is 78.7 Å². The standard InChI is InChI=1S/C42H45N2O3S4.C7H8O3S/c1-46-35-26-33-37(28-39(35)48-3)50-41(43(33)23-21-30-12-7-5-8-13-30)19-17-32(16-11-25-45)18-20-42-44(24-22-31-14-9-6-10-15-31)34-27-36(47-2)40(49-4)29-38(34)51-42;1-6-2-4-7(5-3-6)11(8,9)10/h5-10,12-15,17-20,26-29,45H,11,16,21-25H2,1-4H3;2-5H,1H3,(H,8,9,10)/q+1;/p-1. The van der Waals surface area contributed by atoms with Gasteiger partial charge in [0.2, 0.25) is 5.52 Å². The van der Waals surface area contributed by atoms with E-state index in [1.807, 2.05) is 30.0 Å². The summed E-state index contributed by atoms with van der Waals surface area (Å²) in [5, 5.41) is 12.2. The summed E-state index contributed by atoms with van der Waals surface area (Å²) in [6.45, 7) is 3.69. The third-order valence-corrected chi connectivity index (χ3v) is 14.8. The highest BCUT2D eigenvalue weighted by molar-refractivity contribution is 8.03. The Balaban J connectivity index is 0.000000508. The minimum atomic E-state index is -4.27. The SMILES string of the molecule is COc1cc2c(cc1SC)S\C(=C/C=C(/C=C/c1sc3cc(SC)c(OC)cc3[n+]1CCc1ccccc1)CCCO)N2CCc1ccccc1.Cc1ccc(S(=O)(=O)[O-])cc1. The molecule has 0 spiro atoms. The monoisotopic (exact) mass is 924 g/mol. The molecule has 0 radical (unpaired) electrons. The molecule has 7 rings (SSSR count). The van der Waals surface area contributed by atoms with Gasteiger partial charge in [-0.1, -0.05) is 114 Å². The van der Waals surface area contributed by atoms with Crippen LogP contribution in [0.25, 0.3) is 16.3 Å². The zero-order valence-corrected chi connectivity index (χ0v) is 39.7. The van der Waals surface area contributed by atoms with Crippen LogP contribution in [0, 0.1) is 6.92 Å². The molecular formula is C49H52N2O6S5. The van der Waals surface area contributed by atoms with E-state index in [1.54, 1.807) is 49.9 Å². The van der Waals surface area contributed by atoms with Gasteiger partial charge in [0.25, 0.3) is 5.01 Å². The zero-order valence-electron chi connectivity index (χ0n) is 35.6. The predicted molar refractivity (Wildman–Crippen MR) is 259 cm³/mol. The number of allylic oxidation sites excluding steroid dienone is 4. The highest BCUT2D eigenvalue weighted by Gasteiger charge is 2.27. The normalized spacial score (nSPS) is 13.4. The van der Waals surface area contributed by atoms with Gasteiger partial charge in [0.15, 0.2) is 6.54 Å². The van der Waals surface area contributed by atoms with Crippen molar-refractivity contribution in [2.75, 3.05) is 44.8 Å². The molecular weight excluding hydrogens is 873 g/mol. The van der Waals surface area contributed by atoms with E-state index < -0.39 is 10.1 Å². The van der Waals surface area contributed by atoms with Crippen molar-refractivity contribution in [3.63, 3.8) is 0 Å². The molecule has 1 aromatic heterocycles. The Labute approximate surface area is 383 Å². The Hall–Kier alpha value is -4.47. The number of hydrogen-bond donors (Lipinski definition) is 1. The van der Waals surface area contributed by atoms with Gasteiger partial charge in [0, 0.05) is 36.6 Å². The average molecular weight is 925 g/mol. The van der Waals surface area contributed by atoms with E-state index in [0.29, 0.717) is 6.42 Å². The molecule has 0 unspecified atom stereocenters. The third kappa shape index (κ3) is 12.4. The maximum atomic E-state index is 10.4. The first-order valence-electron chi connectivity index (χ1n) is 20.1. The molecule has 6 aromatic rings. The fraction of sp³-hybridized carbons (Fsp3) is 0.245. The topological polar surface area (TPSA) is 103 Å². The Morgan fingerprint density at radius 2 is 1.48 bits per heavy atom. The number of rotatable bonds is 17. The van der Waals surface area contributed by atoms with Crippen LogP contribution in [0.15, 0.2) is 158 Å². The molecule has 0 fully saturated rings. The Kier molecular flexibility index (Phi) is 17.3. The van der Waals surface area contributed by atoms with Gasteiger partial charge in [-0.2, -0.15) is 4.57 Å². The number of thioether (sulfide) groups is 3. The van der Waals surface area contributed by atoms with Crippen LogP contribution in [-0.4, -0.2) is 58.0 Å². The number of anilines is 1. The largest absolute Gasteiger partial charge is 0.744 e. The number of hydrogen-bond acceptors (Lipinski definition) is 11. The smallest absolute Gasteiger partial charge is 0.262 e. The van der Waals surface area contributed by atoms with E-state index in [9.17, 15) is 18.1 Å². The lowest BCUT2D eigenvalue weighted by molar-refractivity contribution is -0.668. The van der Waals surface area contributed by atoms with Gasteiger partial charge in [-0.25, -0.2) is 8.42 Å². The van der Waals surface area contributed by atoms with Gasteiger partial charge in [-0.05, 0) is 85.7 Å². The Bertz CT molecular complexity index is 2630. The molecule has 2 heterocycles. The molecule has 0 bridgehead atoms. The van der Waals surface area contributed by atoms with Gasteiger partial charge < -0.3 is 24.0 Å². The fourth-order valence-corrected chi connectivity index (χ4v) is 10.9. The second-order valence-corrected chi connectivity index (χ2v) is 19.5. The van der Waals surface area contributed by atoms with Crippen LogP contribution in [0.1, 0.15) is 34.5 Å². The number of fused-ring (bicyclic) bond motifs is 2. The number of thiazole rings is 1. The summed E-state index contributed by atoms with van der Waals surface area (Å²) in [5.41, 5.74) is 7.10. The second kappa shape index (κ2) is 22.8. The summed E-state index contributed by atoms with van der Waals surface area (Å²) >= 11 is 7.04. The third-order valence-electron chi connectivity index (χ3n) is 10.2. The van der Waals surface area contributed by atoms with Crippen LogP contribution in [-0.2, 0) is 29.5 Å². The van der Waals surface area contributed by atoms with Crippen molar-refractivity contribution in [1.82, 2.24) is 0 Å². The lowest BCUT2D eigenvalue weighted by atomic mass is 10.1. The van der Waals surface area contributed by atoms with Crippen molar-refractivity contribution in [1.29, 1.82) is 0 Å². The minimum absolute atomic E-state index is 0.152. The molecule has 0 amide bonds. The fourth-order valence-electron chi connectivity index (χ4n) is 6.90. The van der Waals surface area contributed by atoms with Crippen LogP contribution in [0.4, 0.5) is 5.69 Å². The summed E-state index contributed by atoms with van der Waals surface area (Å²) in [6.07, 6.45) is 16.5. The second-order valence-electron chi connectivity index (χ2n) is 14.3. The van der Waals surface area contributed by atoms with E-state index in [4.69, 9.17) is 9.47 Å². The van der Waals surface area contributed by atoms with Gasteiger partial charge in [-0.3, -0.25) is 0 Å². The van der Waals surface area contributed by atoms with Crippen LogP contribution in [0.3, 0.4) is 0 Å². The summed E-state index contributed by atoms with van der Waals surface area (Å²) < 4.78 is 46.4. The minimum Gasteiger partial charge on any atom is -0.744 e. The average Bonchev–Trinajstić information content (AvgIpc) is 3.82. The quantitative estimate of drug-likeness (QED) is 0.0412. The molecule has 0 atom stereocenters. The summed E-state index contributed by atoms with van der Waals surface area (Å²) in [5.74, 6) is 1.81. The Morgan fingerprint density at radius 1 is 0.855 bits per heavy atom. The van der Waals surface area contributed by atoms with Gasteiger partial charge >= 0.3 is 0 Å². The summed E-state index contributed by atoms with van der Waals surface area (Å²) in [4.78, 5) is 5.76. The molecule has 1 aliphatic rings. The molecule has 0 saturated carbocycles. The number of nitrogens with zero attached hydrogens (tertiary/aromatic N) is 2. The molecule has 5 aromatic carbocycles. The molecule has 8 nitrogen and oxygen atoms in total. The number of aromatic nitrogens is 1.